The standard InChI is InChI=1S/C14H27NO/c1-12(9-16)13(2)15-10-14(11-15)7-5-3-4-6-8-14/h12-13,16H,3-11H2,1-2H3. The predicted octanol–water partition coefficient (Wildman–Crippen LogP) is 2.66. The summed E-state index contributed by atoms with van der Waals surface area (Å²) in [5, 5.41) is 9.19. The van der Waals surface area contributed by atoms with E-state index in [0.29, 0.717) is 24.0 Å². The van der Waals surface area contributed by atoms with E-state index in [0.717, 1.165) is 0 Å². The lowest BCUT2D eigenvalue weighted by Gasteiger charge is -2.54. The van der Waals surface area contributed by atoms with Gasteiger partial charge in [-0.1, -0.05) is 32.6 Å². The maximum Gasteiger partial charge on any atom is 0.0471 e. The summed E-state index contributed by atoms with van der Waals surface area (Å²) in [6, 6.07) is 0.555. The molecule has 1 aliphatic heterocycles. The fraction of sp³-hybridized carbons (Fsp3) is 1.00. The molecule has 1 saturated heterocycles. The van der Waals surface area contributed by atoms with Gasteiger partial charge in [-0.2, -0.15) is 0 Å². The van der Waals surface area contributed by atoms with Gasteiger partial charge in [0.25, 0.3) is 0 Å². The Labute approximate surface area is 100 Å². The topological polar surface area (TPSA) is 23.5 Å². The highest BCUT2D eigenvalue weighted by atomic mass is 16.3. The Kier molecular flexibility index (Phi) is 3.91. The summed E-state index contributed by atoms with van der Waals surface area (Å²) in [4.78, 5) is 2.58. The summed E-state index contributed by atoms with van der Waals surface area (Å²) < 4.78 is 0. The van der Waals surface area contributed by atoms with Gasteiger partial charge >= 0.3 is 0 Å². The third-order valence-corrected chi connectivity index (χ3v) is 4.93. The van der Waals surface area contributed by atoms with Crippen molar-refractivity contribution in [2.75, 3.05) is 19.7 Å². The molecule has 0 aromatic rings. The van der Waals surface area contributed by atoms with E-state index in [2.05, 4.69) is 18.7 Å². The molecule has 2 unspecified atom stereocenters. The van der Waals surface area contributed by atoms with Crippen molar-refractivity contribution in [1.82, 2.24) is 4.90 Å². The van der Waals surface area contributed by atoms with Gasteiger partial charge in [0, 0.05) is 25.7 Å². The number of nitrogens with zero attached hydrogens (tertiary/aromatic N) is 1. The maximum atomic E-state index is 9.19. The Balaban J connectivity index is 1.83. The van der Waals surface area contributed by atoms with Gasteiger partial charge < -0.3 is 5.11 Å². The van der Waals surface area contributed by atoms with Gasteiger partial charge in [0.05, 0.1) is 0 Å². The molecule has 1 spiro atoms. The number of hydrogen-bond acceptors (Lipinski definition) is 2. The largest absolute Gasteiger partial charge is 0.396 e. The van der Waals surface area contributed by atoms with Gasteiger partial charge in [-0.3, -0.25) is 4.90 Å². The first kappa shape index (κ1) is 12.4. The van der Waals surface area contributed by atoms with Gasteiger partial charge in [-0.15, -0.1) is 0 Å². The summed E-state index contributed by atoms with van der Waals surface area (Å²) in [6.45, 7) is 7.33. The summed E-state index contributed by atoms with van der Waals surface area (Å²) >= 11 is 0. The first-order valence-corrected chi connectivity index (χ1v) is 7.02. The molecule has 1 N–H and O–H groups in total. The average molecular weight is 225 g/mol. The first-order valence-electron chi connectivity index (χ1n) is 7.02. The van der Waals surface area contributed by atoms with Crippen LogP contribution < -0.4 is 0 Å². The van der Waals surface area contributed by atoms with Crippen LogP contribution in [0.1, 0.15) is 52.4 Å². The van der Waals surface area contributed by atoms with Gasteiger partial charge in [-0.05, 0) is 31.1 Å². The van der Waals surface area contributed by atoms with Crippen molar-refractivity contribution in [3.63, 3.8) is 0 Å². The van der Waals surface area contributed by atoms with Crippen LogP contribution in [0.4, 0.5) is 0 Å². The van der Waals surface area contributed by atoms with Crippen LogP contribution in [0, 0.1) is 11.3 Å². The zero-order valence-electron chi connectivity index (χ0n) is 10.9. The van der Waals surface area contributed by atoms with E-state index in [9.17, 15) is 5.11 Å². The Morgan fingerprint density at radius 3 is 2.12 bits per heavy atom. The molecule has 16 heavy (non-hydrogen) atoms. The van der Waals surface area contributed by atoms with E-state index < -0.39 is 0 Å². The zero-order valence-corrected chi connectivity index (χ0v) is 10.9. The molecule has 0 radical (unpaired) electrons. The molecule has 1 saturated carbocycles. The second-order valence-electron chi connectivity index (χ2n) is 6.22. The molecule has 0 aromatic carbocycles. The molecule has 2 rings (SSSR count). The van der Waals surface area contributed by atoms with E-state index in [1.54, 1.807) is 0 Å². The van der Waals surface area contributed by atoms with Crippen molar-refractivity contribution in [2.24, 2.45) is 11.3 Å². The second kappa shape index (κ2) is 5.05. The van der Waals surface area contributed by atoms with Gasteiger partial charge in [0.15, 0.2) is 0 Å². The van der Waals surface area contributed by atoms with Crippen LogP contribution in [0.25, 0.3) is 0 Å². The quantitative estimate of drug-likeness (QED) is 0.798. The van der Waals surface area contributed by atoms with Crippen LogP contribution in [0.15, 0.2) is 0 Å². The number of likely N-dealkylation sites (tertiary alicyclic amines) is 1. The van der Waals surface area contributed by atoms with Crippen LogP contribution in [0.2, 0.25) is 0 Å². The van der Waals surface area contributed by atoms with Crippen LogP contribution in [-0.4, -0.2) is 35.7 Å². The molecular formula is C14H27NO. The van der Waals surface area contributed by atoms with E-state index >= 15 is 0 Å². The fourth-order valence-electron chi connectivity index (χ4n) is 3.41. The molecule has 0 bridgehead atoms. The van der Waals surface area contributed by atoms with Crippen molar-refractivity contribution in [2.45, 2.75) is 58.4 Å². The van der Waals surface area contributed by atoms with Crippen LogP contribution in [0.3, 0.4) is 0 Å². The van der Waals surface area contributed by atoms with E-state index in [1.165, 1.54) is 51.6 Å². The van der Waals surface area contributed by atoms with Gasteiger partial charge in [0.1, 0.15) is 0 Å². The van der Waals surface area contributed by atoms with Crippen molar-refractivity contribution in [3.05, 3.63) is 0 Å². The molecule has 2 fully saturated rings. The molecule has 0 amide bonds. The van der Waals surface area contributed by atoms with Crippen LogP contribution >= 0.6 is 0 Å². The average Bonchev–Trinajstić information content (AvgIpc) is 2.50. The maximum absolute atomic E-state index is 9.19. The molecule has 2 heteroatoms. The Morgan fingerprint density at radius 1 is 1.06 bits per heavy atom. The van der Waals surface area contributed by atoms with Crippen LogP contribution in [-0.2, 0) is 0 Å². The molecular weight excluding hydrogens is 198 g/mol. The summed E-state index contributed by atoms with van der Waals surface area (Å²) in [5.74, 6) is 0.420. The fourth-order valence-corrected chi connectivity index (χ4v) is 3.41. The first-order chi connectivity index (χ1) is 7.67. The highest BCUT2D eigenvalue weighted by Gasteiger charge is 2.44. The molecule has 0 aromatic heterocycles. The number of hydrogen-bond donors (Lipinski definition) is 1. The van der Waals surface area contributed by atoms with Crippen molar-refractivity contribution < 1.29 is 5.11 Å². The molecule has 2 nitrogen and oxygen atoms in total. The van der Waals surface area contributed by atoms with E-state index in [1.807, 2.05) is 0 Å². The predicted molar refractivity (Wildman–Crippen MR) is 67.4 cm³/mol. The van der Waals surface area contributed by atoms with Crippen molar-refractivity contribution in [1.29, 1.82) is 0 Å². The zero-order chi connectivity index (χ0) is 11.6. The molecule has 1 aliphatic carbocycles. The third-order valence-electron chi connectivity index (χ3n) is 4.93. The SMILES string of the molecule is CC(CO)C(C)N1CC2(CCCCCC2)C1. The van der Waals surface area contributed by atoms with Gasteiger partial charge in [-0.25, -0.2) is 0 Å². The monoisotopic (exact) mass is 225 g/mol. The summed E-state index contributed by atoms with van der Waals surface area (Å²) in [7, 11) is 0. The van der Waals surface area contributed by atoms with Gasteiger partial charge in [0.2, 0.25) is 0 Å². The van der Waals surface area contributed by atoms with Crippen molar-refractivity contribution >= 4 is 0 Å². The van der Waals surface area contributed by atoms with E-state index in [-0.39, 0.29) is 0 Å². The molecule has 2 atom stereocenters. The third kappa shape index (κ3) is 2.43. The Bertz CT molecular complexity index is 213. The van der Waals surface area contributed by atoms with E-state index in [4.69, 9.17) is 0 Å². The van der Waals surface area contributed by atoms with Crippen LogP contribution in [0.5, 0.6) is 0 Å². The summed E-state index contributed by atoms with van der Waals surface area (Å²) in [6.07, 6.45) is 8.68. The lowest BCUT2D eigenvalue weighted by molar-refractivity contribution is -0.0555. The second-order valence-corrected chi connectivity index (χ2v) is 6.22. The lowest BCUT2D eigenvalue weighted by atomic mass is 9.72. The smallest absolute Gasteiger partial charge is 0.0471 e. The minimum Gasteiger partial charge on any atom is -0.396 e. The minimum absolute atomic E-state index is 0.324. The Morgan fingerprint density at radius 2 is 1.62 bits per heavy atom. The minimum atomic E-state index is 0.324. The molecule has 94 valence electrons. The number of aliphatic hydroxyl groups is 1. The highest BCUT2D eigenvalue weighted by molar-refractivity contribution is 4.98. The highest BCUT2D eigenvalue weighted by Crippen LogP contribution is 2.44. The number of aliphatic hydroxyl groups excluding tert-OH is 1. The lowest BCUT2D eigenvalue weighted by Crippen LogP contribution is -2.60. The van der Waals surface area contributed by atoms with Crippen molar-refractivity contribution in [3.8, 4) is 0 Å². The Hall–Kier alpha value is -0.0800. The summed E-state index contributed by atoms with van der Waals surface area (Å²) in [5.41, 5.74) is 0.667. The number of rotatable bonds is 3. The normalized spacial score (nSPS) is 29.4. The molecule has 1 heterocycles. The molecule has 2 aliphatic rings.